The molecule has 0 N–H and O–H groups in total. The molecule has 4 heteroatoms. The first-order valence-corrected chi connectivity index (χ1v) is 33.1. The summed E-state index contributed by atoms with van der Waals surface area (Å²) >= 11 is 0. The van der Waals surface area contributed by atoms with Crippen LogP contribution in [0.2, 0.25) is 0 Å². The van der Waals surface area contributed by atoms with Crippen LogP contribution in [0, 0.1) is 41.5 Å². The van der Waals surface area contributed by atoms with Crippen LogP contribution < -0.4 is 16.4 Å². The number of hydrogen-bond donors (Lipinski definition) is 0. The zero-order chi connectivity index (χ0) is 61.6. The third-order valence-electron chi connectivity index (χ3n) is 23.2. The van der Waals surface area contributed by atoms with Gasteiger partial charge in [0.25, 0.3) is 6.71 Å². The highest BCUT2D eigenvalue weighted by molar-refractivity contribution is 7.00. The first-order chi connectivity index (χ1) is 44.6. The van der Waals surface area contributed by atoms with Crippen molar-refractivity contribution in [1.82, 2.24) is 13.7 Å². The second kappa shape index (κ2) is 16.9. The lowest BCUT2D eigenvalue weighted by atomic mass is 9.34. The van der Waals surface area contributed by atoms with E-state index in [0.29, 0.717) is 0 Å². The van der Waals surface area contributed by atoms with Crippen LogP contribution in [0.5, 0.6) is 0 Å². The van der Waals surface area contributed by atoms with Crippen LogP contribution >= 0.6 is 0 Å². The molecule has 5 aliphatic rings. The second-order valence-corrected chi connectivity index (χ2v) is 29.0. The van der Waals surface area contributed by atoms with Gasteiger partial charge < -0.3 is 13.7 Å². The third-order valence-corrected chi connectivity index (χ3v) is 23.2. The van der Waals surface area contributed by atoms with Crippen LogP contribution in [-0.2, 0) is 10.8 Å². The minimum atomic E-state index is -0.286. The Morgan fingerprint density at radius 2 is 0.837 bits per heavy atom. The van der Waals surface area contributed by atoms with Gasteiger partial charge in [-0.15, -0.1) is 0 Å². The van der Waals surface area contributed by atoms with Crippen LogP contribution in [0.15, 0.2) is 206 Å². The maximum atomic E-state index is 2.76. The van der Waals surface area contributed by atoms with Crippen molar-refractivity contribution in [2.45, 2.75) is 80.1 Å². The molecule has 0 saturated heterocycles. The van der Waals surface area contributed by atoms with Crippen LogP contribution in [0.4, 0.5) is 0 Å². The number of benzene rings is 13. The second-order valence-electron chi connectivity index (χ2n) is 29.0. The molecule has 0 spiro atoms. The van der Waals surface area contributed by atoms with Gasteiger partial charge in [0.15, 0.2) is 0 Å². The number of fused-ring (bicyclic) bond motifs is 21. The fourth-order valence-corrected chi connectivity index (χ4v) is 20.0. The Balaban J connectivity index is 0.984. The zero-order valence-electron chi connectivity index (χ0n) is 53.5. The topological polar surface area (TPSA) is 14.8 Å². The number of rotatable bonds is 3. The first-order valence-electron chi connectivity index (χ1n) is 33.1. The zero-order valence-corrected chi connectivity index (χ0v) is 53.5. The molecule has 21 rings (SSSR count). The predicted molar refractivity (Wildman–Crippen MR) is 390 cm³/mol. The summed E-state index contributed by atoms with van der Waals surface area (Å²) in [6, 6.07) is 81.6. The van der Waals surface area contributed by atoms with E-state index in [-0.39, 0.29) is 17.5 Å². The average Bonchev–Trinajstić information content (AvgIpc) is 1.45. The lowest BCUT2D eigenvalue weighted by Gasteiger charge is -2.35. The number of hydrogen-bond acceptors (Lipinski definition) is 0. The van der Waals surface area contributed by atoms with Crippen molar-refractivity contribution in [1.29, 1.82) is 0 Å². The SMILES string of the molecule is Cc1cc(C)c(-c2ccc3c(c2)c2c4c(cc5c2n3-c2cc(-n3c6cccc7c6c6c8c(cccc8ccc63)-c3ccccc3-7)cc3c2B5c2cc(-c5c(C)cc(C)cc5C)cc5c6c7c(ccc6n-3c25)-c2ccccc2C7(C)C)-c2ccccc2C4(C)C)c(C)c1. The van der Waals surface area contributed by atoms with Gasteiger partial charge >= 0.3 is 0 Å². The van der Waals surface area contributed by atoms with Gasteiger partial charge in [-0.2, -0.15) is 0 Å². The van der Waals surface area contributed by atoms with E-state index in [0.717, 1.165) is 5.69 Å². The van der Waals surface area contributed by atoms with E-state index < -0.39 is 0 Å². The molecular formula is C88H64BN3. The van der Waals surface area contributed by atoms with E-state index in [2.05, 4.69) is 289 Å². The highest BCUT2D eigenvalue weighted by atomic mass is 15.1. The average molecular weight is 1170 g/mol. The Morgan fingerprint density at radius 3 is 1.51 bits per heavy atom. The van der Waals surface area contributed by atoms with Crippen molar-refractivity contribution in [3.05, 3.63) is 262 Å². The molecule has 3 aromatic heterocycles. The predicted octanol–water partition coefficient (Wildman–Crippen LogP) is 20.7. The summed E-state index contributed by atoms with van der Waals surface area (Å²) in [5.41, 5.74) is 44.0. The number of nitrogens with zero attached hydrogens (tertiary/aromatic N) is 3. The van der Waals surface area contributed by atoms with E-state index in [1.165, 1.54) is 226 Å². The van der Waals surface area contributed by atoms with Crippen molar-refractivity contribution in [2.75, 3.05) is 0 Å². The van der Waals surface area contributed by atoms with Gasteiger partial charge in [0.1, 0.15) is 0 Å². The molecule has 0 saturated carbocycles. The first kappa shape index (κ1) is 51.3. The molecule has 92 heavy (non-hydrogen) atoms. The molecule has 3 nitrogen and oxygen atoms in total. The van der Waals surface area contributed by atoms with Gasteiger partial charge in [-0.3, -0.25) is 0 Å². The maximum Gasteiger partial charge on any atom is 0.252 e. The minimum Gasteiger partial charge on any atom is -0.310 e. The molecule has 0 amide bonds. The Morgan fingerprint density at radius 1 is 0.326 bits per heavy atom. The summed E-state index contributed by atoms with van der Waals surface area (Å²) in [5, 5.41) is 10.6. The Hall–Kier alpha value is -10.4. The molecule has 434 valence electrons. The Labute approximate surface area is 535 Å². The van der Waals surface area contributed by atoms with Crippen molar-refractivity contribution >= 4 is 99.3 Å². The fraction of sp³-hybridized carbons (Fsp3) is 0.136. The minimum absolute atomic E-state index is 0.127. The third kappa shape index (κ3) is 6.03. The van der Waals surface area contributed by atoms with Gasteiger partial charge in [0.05, 0.1) is 27.8 Å². The molecule has 2 aliphatic heterocycles. The Bertz CT molecular complexity index is 6220. The van der Waals surface area contributed by atoms with E-state index in [9.17, 15) is 0 Å². The van der Waals surface area contributed by atoms with E-state index in [1.807, 2.05) is 0 Å². The fourth-order valence-electron chi connectivity index (χ4n) is 20.0. The van der Waals surface area contributed by atoms with Gasteiger partial charge in [-0.1, -0.05) is 197 Å². The summed E-state index contributed by atoms with van der Waals surface area (Å²) in [4.78, 5) is 0. The molecule has 5 heterocycles. The summed E-state index contributed by atoms with van der Waals surface area (Å²) in [5.74, 6) is 0. The van der Waals surface area contributed by atoms with Crippen molar-refractivity contribution in [2.24, 2.45) is 0 Å². The molecule has 13 aromatic carbocycles. The van der Waals surface area contributed by atoms with Crippen molar-refractivity contribution in [3.63, 3.8) is 0 Å². The molecule has 0 unspecified atom stereocenters. The van der Waals surface area contributed by atoms with Crippen molar-refractivity contribution < 1.29 is 0 Å². The van der Waals surface area contributed by atoms with Gasteiger partial charge in [0.2, 0.25) is 0 Å². The van der Waals surface area contributed by atoms with Gasteiger partial charge in [-0.25, -0.2) is 0 Å². The molecule has 3 aliphatic carbocycles. The van der Waals surface area contributed by atoms with Crippen LogP contribution in [0.3, 0.4) is 0 Å². The largest absolute Gasteiger partial charge is 0.310 e. The normalized spacial score (nSPS) is 14.6. The van der Waals surface area contributed by atoms with Crippen LogP contribution in [-0.4, -0.2) is 20.4 Å². The smallest absolute Gasteiger partial charge is 0.252 e. The molecule has 16 aromatic rings. The molecule has 0 radical (unpaired) electrons. The van der Waals surface area contributed by atoms with Gasteiger partial charge in [0, 0.05) is 65.6 Å². The molecular weight excluding hydrogens is 1110 g/mol. The van der Waals surface area contributed by atoms with Crippen molar-refractivity contribution in [3.8, 4) is 83.8 Å². The van der Waals surface area contributed by atoms with Crippen LogP contribution in [0.25, 0.3) is 160 Å². The lowest BCUT2D eigenvalue weighted by molar-refractivity contribution is 0.666. The molecule has 0 fully saturated rings. The highest BCUT2D eigenvalue weighted by Gasteiger charge is 2.47. The molecule has 0 atom stereocenters. The lowest BCUT2D eigenvalue weighted by Crippen LogP contribution is -2.59. The number of aryl methyl sites for hydroxylation is 6. The summed E-state index contributed by atoms with van der Waals surface area (Å²) in [7, 11) is 0. The Kier molecular flexibility index (Phi) is 9.45. The maximum absolute atomic E-state index is 2.76. The monoisotopic (exact) mass is 1170 g/mol. The van der Waals surface area contributed by atoms with Crippen LogP contribution in [0.1, 0.15) is 83.3 Å². The summed E-state index contributed by atoms with van der Waals surface area (Å²) in [6.45, 7) is 23.6. The highest BCUT2D eigenvalue weighted by Crippen LogP contribution is 2.58. The molecule has 0 bridgehead atoms. The van der Waals surface area contributed by atoms with E-state index in [1.54, 1.807) is 0 Å². The van der Waals surface area contributed by atoms with Gasteiger partial charge in [-0.05, 0) is 229 Å². The van der Waals surface area contributed by atoms with E-state index in [4.69, 9.17) is 0 Å². The standard InChI is InChI=1S/C88H64BN3/c1-45-35-47(3)75(48(4)36-45)52-30-32-69-63(39-52)80-83-62(58-23-14-16-27-66(58)88(83,9)10)44-68-86(80)91(69)73-42-54(90-70-28-18-25-60-56-21-12-11-20-55(56)59-24-17-19-51-29-33-72(90)81(77(51)59)78(60)70)43-74-84(73)89(68)67-41-53(76-49(5)37-46(2)38-50(76)6)40-64-79-71(92(74)85(64)67)34-31-61-57-22-13-15-26-65(57)87(7,8)82(61)79/h11-44H,1-10H3. The van der Waals surface area contributed by atoms with E-state index >= 15 is 0 Å². The number of aromatic nitrogens is 3. The summed E-state index contributed by atoms with van der Waals surface area (Å²) < 4.78 is 8.16. The quantitative estimate of drug-likeness (QED) is 0.157. The summed E-state index contributed by atoms with van der Waals surface area (Å²) in [6.07, 6.45) is 0.